The summed E-state index contributed by atoms with van der Waals surface area (Å²) < 4.78 is 7.91. The first kappa shape index (κ1) is 66.5. The van der Waals surface area contributed by atoms with Crippen LogP contribution in [0.1, 0.15) is 64.1 Å². The standard InChI is InChI=1S/C19H20ClN7O2.C17H21ClN4O2.C16H20ClN5O.C15H18ClN5O/c1-25-7-4-21-16(25)11-27-17(28)19(23-18(27)29)2-5-26(6-3-19)15-9-12(20)8-14-13(15)10-22-24-14;1-12(23)22-6-7-24-17(11-22)2-4-21(5-3-17)16-9-13(18)8-15-14(16)10-19-20-15;1-20-6-7-22(16(20)23)12-2-4-21(5-3-12)15-9-11(17)8-14-13(15)10-18-19-14;16-10-7-13-12(9-18-19-13)14(8-10)20-4-1-11(2-5-20)21-6-3-17-15(21)22/h4,7-10H,2-3,5-6,11H2,1H3,(H,22,24)(H,23,29);8-10H,2-7,11H2,1H3,(H,19,20);8-10,12H,2-7H2,1H3,(H,18,19);7-9,11H,1-6H2,(H,17,22)(H,18,19). The van der Waals surface area contributed by atoms with Crippen molar-refractivity contribution in [2.24, 2.45) is 7.05 Å². The third kappa shape index (κ3) is 13.5. The maximum Gasteiger partial charge on any atom is 0.325 e. The Morgan fingerprint density at radius 1 is 0.551 bits per heavy atom. The highest BCUT2D eigenvalue weighted by Gasteiger charge is 2.53. The Hall–Kier alpha value is -8.76. The van der Waals surface area contributed by atoms with Crippen LogP contribution in [-0.4, -0.2) is 233 Å². The van der Waals surface area contributed by atoms with Gasteiger partial charge in [-0.2, -0.15) is 20.4 Å². The molecule has 8 saturated heterocycles. The Bertz CT molecular complexity index is 4420. The van der Waals surface area contributed by atoms with Crippen molar-refractivity contribution in [2.75, 3.05) is 125 Å². The topological polar surface area (TPSA) is 280 Å². The van der Waals surface area contributed by atoms with Crippen molar-refractivity contribution in [3.63, 3.8) is 0 Å². The number of urea groups is 3. The van der Waals surface area contributed by atoms with E-state index in [1.54, 1.807) is 30.4 Å². The number of carbonyl (C=O) groups excluding carboxylic acids is 5. The lowest BCUT2D eigenvalue weighted by atomic mass is 9.87. The van der Waals surface area contributed by atoms with E-state index in [2.05, 4.69) is 76.0 Å². The largest absolute Gasteiger partial charge is 0.371 e. The molecule has 27 nitrogen and oxygen atoms in total. The number of H-pyrrole nitrogens is 4. The molecule has 8 fully saturated rings. The Labute approximate surface area is 585 Å². The minimum atomic E-state index is -0.854. The summed E-state index contributed by atoms with van der Waals surface area (Å²) in [5.74, 6) is 0.629. The molecular formula is C67H79Cl4N21O6. The monoisotopic (exact) mass is 1410 g/mol. The van der Waals surface area contributed by atoms with E-state index in [0.29, 0.717) is 78.6 Å². The molecule has 8 aliphatic heterocycles. The summed E-state index contributed by atoms with van der Waals surface area (Å²) in [5.41, 5.74) is 7.05. The second kappa shape index (κ2) is 27.9. The molecule has 0 bridgehead atoms. The van der Waals surface area contributed by atoms with Crippen LogP contribution < -0.4 is 30.2 Å². The van der Waals surface area contributed by atoms with Crippen molar-refractivity contribution in [3.05, 3.63) is 112 Å². The average molecular weight is 1420 g/mol. The quantitative estimate of drug-likeness (QED) is 0.0773. The van der Waals surface area contributed by atoms with Crippen molar-refractivity contribution >= 4 is 143 Å². The number of nitrogens with zero attached hydrogens (tertiary/aromatic N) is 15. The number of carbonyl (C=O) groups is 5. The van der Waals surface area contributed by atoms with Crippen LogP contribution in [0.3, 0.4) is 0 Å². The predicted octanol–water partition coefficient (Wildman–Crippen LogP) is 9.24. The van der Waals surface area contributed by atoms with Gasteiger partial charge in [-0.1, -0.05) is 46.4 Å². The highest BCUT2D eigenvalue weighted by atomic mass is 35.5. The van der Waals surface area contributed by atoms with Crippen LogP contribution in [0.15, 0.2) is 85.7 Å². The number of aromatic amines is 4. The van der Waals surface area contributed by atoms with Gasteiger partial charge in [-0.3, -0.25) is 34.9 Å². The number of likely N-dealkylation sites (N-methyl/N-ethyl adjacent to an activating group) is 1. The SMILES string of the molecule is CC(=O)N1CCOC2(CCN(c3cc(Cl)cc4[nH]ncc34)CC2)C1.CN1CCN(C2CCN(c3cc(Cl)cc4[nH]ncc34)CC2)C1=O.Cn1ccnc1CN1C(=O)NC2(CCN(c3cc(Cl)cc4[nH]ncc34)CC2)C1=O.O=C1NCCN1C1CCN(c2cc(Cl)cc3[nH]ncc23)CC1. The summed E-state index contributed by atoms with van der Waals surface area (Å²) in [6.45, 7) is 13.8. The number of halogens is 4. The number of hydrogen-bond donors (Lipinski definition) is 6. The molecule has 6 N–H and O–H groups in total. The molecule has 516 valence electrons. The van der Waals surface area contributed by atoms with Gasteiger partial charge in [0.2, 0.25) is 5.91 Å². The molecule has 0 aliphatic carbocycles. The van der Waals surface area contributed by atoms with Gasteiger partial charge in [-0.15, -0.1) is 0 Å². The molecule has 8 amide bonds. The fraction of sp³-hybridized carbons (Fsp3) is 0.463. The number of nitrogens with one attached hydrogen (secondary N) is 6. The maximum atomic E-state index is 13.1. The molecule has 0 saturated carbocycles. The van der Waals surface area contributed by atoms with E-state index in [9.17, 15) is 24.0 Å². The number of amides is 8. The summed E-state index contributed by atoms with van der Waals surface area (Å²) in [6.07, 6.45) is 17.6. The van der Waals surface area contributed by atoms with E-state index >= 15 is 0 Å². The molecule has 4 aromatic carbocycles. The third-order valence-electron chi connectivity index (χ3n) is 20.8. The van der Waals surface area contributed by atoms with Crippen molar-refractivity contribution in [2.45, 2.75) is 88.1 Å². The van der Waals surface area contributed by atoms with E-state index in [4.69, 9.17) is 51.1 Å². The molecule has 0 atom stereocenters. The predicted molar refractivity (Wildman–Crippen MR) is 379 cm³/mol. The molecule has 5 aromatic heterocycles. The fourth-order valence-electron chi connectivity index (χ4n) is 15.3. The van der Waals surface area contributed by atoms with E-state index in [0.717, 1.165) is 175 Å². The van der Waals surface area contributed by atoms with Gasteiger partial charge in [0.1, 0.15) is 11.4 Å². The van der Waals surface area contributed by atoms with Crippen LogP contribution in [0.4, 0.5) is 37.1 Å². The lowest BCUT2D eigenvalue weighted by Crippen LogP contribution is -2.57. The molecule has 2 spiro atoms. The van der Waals surface area contributed by atoms with Crippen LogP contribution in [0.2, 0.25) is 20.1 Å². The lowest BCUT2D eigenvalue weighted by Gasteiger charge is -2.47. The van der Waals surface area contributed by atoms with E-state index in [1.165, 1.54) is 4.90 Å². The van der Waals surface area contributed by atoms with Gasteiger partial charge >= 0.3 is 18.1 Å². The number of piperidine rings is 4. The van der Waals surface area contributed by atoms with Gasteiger partial charge in [0.25, 0.3) is 5.91 Å². The van der Waals surface area contributed by atoms with Crippen LogP contribution in [0.5, 0.6) is 0 Å². The normalized spacial score (nSPS) is 19.8. The first-order valence-corrected chi connectivity index (χ1v) is 35.0. The molecule has 98 heavy (non-hydrogen) atoms. The number of rotatable bonds is 8. The highest BCUT2D eigenvalue weighted by molar-refractivity contribution is 6.33. The number of aryl methyl sites for hydroxylation is 1. The minimum Gasteiger partial charge on any atom is -0.371 e. The van der Waals surface area contributed by atoms with Gasteiger partial charge in [0.05, 0.1) is 65.6 Å². The number of benzene rings is 4. The number of hydrogen-bond acceptors (Lipinski definition) is 15. The van der Waals surface area contributed by atoms with Crippen molar-refractivity contribution in [1.29, 1.82) is 0 Å². The Morgan fingerprint density at radius 3 is 1.41 bits per heavy atom. The van der Waals surface area contributed by atoms with E-state index in [1.807, 2.05) is 100 Å². The zero-order valence-corrected chi connectivity index (χ0v) is 57.9. The van der Waals surface area contributed by atoms with Crippen molar-refractivity contribution < 1.29 is 28.7 Å². The molecule has 9 aromatic rings. The second-order valence-electron chi connectivity index (χ2n) is 26.6. The molecule has 13 heterocycles. The van der Waals surface area contributed by atoms with Crippen LogP contribution in [0, 0.1) is 0 Å². The molecule has 0 unspecified atom stereocenters. The number of fused-ring (bicyclic) bond motifs is 4. The highest BCUT2D eigenvalue weighted by Crippen LogP contribution is 2.40. The molecule has 0 radical (unpaired) electrons. The Morgan fingerprint density at radius 2 is 1.00 bits per heavy atom. The van der Waals surface area contributed by atoms with E-state index < -0.39 is 5.54 Å². The van der Waals surface area contributed by atoms with E-state index in [-0.39, 0.29) is 42.1 Å². The van der Waals surface area contributed by atoms with Crippen LogP contribution in [-0.2, 0) is 27.9 Å². The minimum absolute atomic E-state index is 0.0819. The summed E-state index contributed by atoms with van der Waals surface area (Å²) in [5, 5.41) is 41.2. The maximum absolute atomic E-state index is 13.1. The van der Waals surface area contributed by atoms with Crippen molar-refractivity contribution in [1.82, 2.24) is 85.5 Å². The van der Waals surface area contributed by atoms with Gasteiger partial charge in [0.15, 0.2) is 0 Å². The summed E-state index contributed by atoms with van der Waals surface area (Å²) in [7, 11) is 3.72. The molecule has 17 rings (SSSR count). The van der Waals surface area contributed by atoms with Crippen molar-refractivity contribution in [3.8, 4) is 0 Å². The smallest absolute Gasteiger partial charge is 0.325 e. The lowest BCUT2D eigenvalue weighted by molar-refractivity contribution is -0.152. The first-order chi connectivity index (χ1) is 47.4. The Kier molecular flexibility index (Phi) is 18.9. The van der Waals surface area contributed by atoms with Gasteiger partial charge in [-0.25, -0.2) is 19.4 Å². The molecule has 31 heteroatoms. The number of morpholine rings is 1. The fourth-order valence-corrected chi connectivity index (χ4v) is 16.1. The number of ether oxygens (including phenoxy) is 1. The van der Waals surface area contributed by atoms with Crippen LogP contribution >= 0.6 is 46.4 Å². The van der Waals surface area contributed by atoms with Crippen LogP contribution in [0.25, 0.3) is 43.6 Å². The van der Waals surface area contributed by atoms with Gasteiger partial charge < -0.3 is 59.1 Å². The van der Waals surface area contributed by atoms with Gasteiger partial charge in [0, 0.05) is 202 Å². The molecule has 8 aliphatic rings. The number of imide groups is 1. The first-order valence-electron chi connectivity index (χ1n) is 33.4. The summed E-state index contributed by atoms with van der Waals surface area (Å²) in [4.78, 5) is 83.8. The summed E-state index contributed by atoms with van der Waals surface area (Å²) in [6, 6.07) is 16.1. The number of anilines is 4. The van der Waals surface area contributed by atoms with Gasteiger partial charge in [-0.05, 0) is 99.9 Å². The zero-order chi connectivity index (χ0) is 68.0. The number of aromatic nitrogens is 10. The number of imidazole rings is 1. The third-order valence-corrected chi connectivity index (χ3v) is 21.6. The second-order valence-corrected chi connectivity index (χ2v) is 28.3. The zero-order valence-electron chi connectivity index (χ0n) is 54.9. The molecular weight excluding hydrogens is 1340 g/mol. The summed E-state index contributed by atoms with van der Waals surface area (Å²) >= 11 is 25.0. The Balaban J connectivity index is 0.000000112. The average Bonchev–Trinajstić information content (AvgIpc) is 1.59.